The molecular weight excluding hydrogens is 634 g/mol. The Kier molecular flexibility index (Phi) is 13.3. The number of aromatic amines is 2. The fourth-order valence-electron chi connectivity index (χ4n) is 5.86. The molecule has 1 aliphatic carbocycles. The van der Waals surface area contributed by atoms with E-state index in [2.05, 4.69) is 36.2 Å². The van der Waals surface area contributed by atoms with E-state index in [9.17, 15) is 38.7 Å². The molecule has 3 heterocycles. The van der Waals surface area contributed by atoms with Crippen LogP contribution >= 0.6 is 0 Å². The number of rotatable bonds is 15. The number of benzene rings is 1. The number of H-pyrrole nitrogens is 2. The Morgan fingerprint density at radius 1 is 1.00 bits per heavy atom. The highest BCUT2D eigenvalue weighted by Gasteiger charge is 2.33. The molecule has 0 bridgehead atoms. The number of nitrogens with one attached hydrogen (secondary N) is 6. The molecule has 15 nitrogen and oxygen atoms in total. The number of aliphatic hydroxyl groups is 1. The highest BCUT2D eigenvalue weighted by molar-refractivity contribution is 5.96. The molecule has 5 atom stereocenters. The molecule has 15 heteroatoms. The van der Waals surface area contributed by atoms with Gasteiger partial charge in [0, 0.05) is 73.4 Å². The maximum Gasteiger partial charge on any atom is 0.243 e. The second-order valence-corrected chi connectivity index (χ2v) is 12.3. The Hall–Kier alpha value is -5.18. The van der Waals surface area contributed by atoms with Crippen LogP contribution in [0.2, 0.25) is 0 Å². The molecule has 5 rings (SSSR count). The molecule has 1 aromatic carbocycles. The van der Waals surface area contributed by atoms with E-state index in [1.165, 1.54) is 12.5 Å². The van der Waals surface area contributed by atoms with E-state index in [1.807, 2.05) is 31.2 Å². The Labute approximate surface area is 282 Å². The van der Waals surface area contributed by atoms with Gasteiger partial charge in [-0.25, -0.2) is 4.98 Å². The van der Waals surface area contributed by atoms with Gasteiger partial charge < -0.3 is 41.1 Å². The number of aromatic nitrogens is 3. The number of ketones is 2. The van der Waals surface area contributed by atoms with Crippen LogP contribution in [0.5, 0.6) is 0 Å². The van der Waals surface area contributed by atoms with Crippen molar-refractivity contribution in [1.29, 1.82) is 0 Å². The third-order valence-corrected chi connectivity index (χ3v) is 8.54. The number of hydrogen-bond acceptors (Lipinski definition) is 9. The van der Waals surface area contributed by atoms with Crippen LogP contribution < -0.4 is 21.3 Å². The number of hydrogen-bond donors (Lipinski definition) is 7. The summed E-state index contributed by atoms with van der Waals surface area (Å²) in [5.74, 6) is -1.47. The van der Waals surface area contributed by atoms with Crippen molar-refractivity contribution in [2.75, 3.05) is 6.61 Å². The molecule has 0 radical (unpaired) electrons. The second kappa shape index (κ2) is 17.8. The third kappa shape index (κ3) is 10.4. The van der Waals surface area contributed by atoms with Gasteiger partial charge in [-0.05, 0) is 30.9 Å². The smallest absolute Gasteiger partial charge is 0.243 e. The molecular formula is C34H43N7O8. The molecule has 3 aromatic rings. The minimum absolute atomic E-state index is 0.0489. The first kappa shape index (κ1) is 36.7. The van der Waals surface area contributed by atoms with Crippen molar-refractivity contribution in [2.45, 2.75) is 88.9 Å². The van der Waals surface area contributed by atoms with Crippen LogP contribution in [0.25, 0.3) is 10.9 Å². The summed E-state index contributed by atoms with van der Waals surface area (Å²) in [5, 5.41) is 20.6. The fourth-order valence-corrected chi connectivity index (χ4v) is 5.86. The SMILES string of the molecule is CCCC(=O)C1CCC(=O)C1.O=C[C@H](CO)NC(=O)[C@H](Cc1c[nH]c2ccccc12)NC(=O)[C@H](Cc1cnc[nH]1)NC(=O)C1CCC(=O)N1. The lowest BCUT2D eigenvalue weighted by atomic mass is 9.99. The summed E-state index contributed by atoms with van der Waals surface area (Å²) in [7, 11) is 0. The largest absolute Gasteiger partial charge is 0.394 e. The van der Waals surface area contributed by atoms with E-state index in [1.54, 1.807) is 6.20 Å². The fraction of sp³-hybridized carbons (Fsp3) is 0.471. The van der Waals surface area contributed by atoms with Crippen LogP contribution in [0.1, 0.15) is 63.1 Å². The third-order valence-electron chi connectivity index (χ3n) is 8.54. The van der Waals surface area contributed by atoms with Crippen LogP contribution in [0.4, 0.5) is 0 Å². The van der Waals surface area contributed by atoms with Crippen molar-refractivity contribution < 1.29 is 38.7 Å². The molecule has 262 valence electrons. The Morgan fingerprint density at radius 2 is 1.76 bits per heavy atom. The van der Waals surface area contributed by atoms with Crippen LogP contribution in [-0.2, 0) is 46.4 Å². The number of para-hydroxylation sites is 1. The Balaban J connectivity index is 0.000000418. The van der Waals surface area contributed by atoms with Crippen molar-refractivity contribution in [3.8, 4) is 0 Å². The molecule has 2 unspecified atom stereocenters. The van der Waals surface area contributed by atoms with E-state index in [4.69, 9.17) is 0 Å². The zero-order valence-corrected chi connectivity index (χ0v) is 27.3. The zero-order chi connectivity index (χ0) is 35.3. The number of carbonyl (C=O) groups is 7. The summed E-state index contributed by atoms with van der Waals surface area (Å²) in [5.41, 5.74) is 2.16. The molecule has 1 saturated carbocycles. The summed E-state index contributed by atoms with van der Waals surface area (Å²) in [4.78, 5) is 94.1. The zero-order valence-electron chi connectivity index (χ0n) is 27.3. The van der Waals surface area contributed by atoms with Crippen molar-refractivity contribution in [3.05, 3.63) is 54.2 Å². The summed E-state index contributed by atoms with van der Waals surface area (Å²) in [6, 6.07) is 3.31. The van der Waals surface area contributed by atoms with Crippen molar-refractivity contribution in [1.82, 2.24) is 36.2 Å². The van der Waals surface area contributed by atoms with Gasteiger partial charge in [0.1, 0.15) is 42.0 Å². The van der Waals surface area contributed by atoms with Gasteiger partial charge in [-0.2, -0.15) is 0 Å². The first-order chi connectivity index (χ1) is 23.6. The van der Waals surface area contributed by atoms with E-state index in [0.717, 1.165) is 29.3 Å². The molecule has 2 aromatic heterocycles. The number of Topliss-reactive ketones (excluding diaryl/α,β-unsaturated/α-hetero) is 2. The Morgan fingerprint density at radius 3 is 2.39 bits per heavy atom. The molecule has 49 heavy (non-hydrogen) atoms. The van der Waals surface area contributed by atoms with Gasteiger partial charge >= 0.3 is 0 Å². The van der Waals surface area contributed by atoms with Gasteiger partial charge in [-0.3, -0.25) is 28.8 Å². The Bertz CT molecular complexity index is 1640. The van der Waals surface area contributed by atoms with Crippen LogP contribution in [0, 0.1) is 5.92 Å². The molecule has 2 aliphatic rings. The maximum atomic E-state index is 13.5. The highest BCUT2D eigenvalue weighted by Crippen LogP contribution is 2.24. The topological polar surface area (TPSA) is 232 Å². The molecule has 1 saturated heterocycles. The van der Waals surface area contributed by atoms with Crippen LogP contribution in [0.15, 0.2) is 43.0 Å². The number of aliphatic hydroxyl groups excluding tert-OH is 1. The molecule has 7 N–H and O–H groups in total. The van der Waals surface area contributed by atoms with Gasteiger partial charge in [0.15, 0.2) is 0 Å². The lowest BCUT2D eigenvalue weighted by Crippen LogP contribution is -2.58. The quantitative estimate of drug-likeness (QED) is 0.110. The lowest BCUT2D eigenvalue weighted by Gasteiger charge is -2.24. The van der Waals surface area contributed by atoms with Gasteiger partial charge in [-0.15, -0.1) is 0 Å². The van der Waals surface area contributed by atoms with Crippen molar-refractivity contribution in [3.63, 3.8) is 0 Å². The molecule has 0 spiro atoms. The minimum atomic E-state index is -1.14. The maximum absolute atomic E-state index is 13.5. The number of carbonyl (C=O) groups excluding carboxylic acids is 7. The van der Waals surface area contributed by atoms with Gasteiger partial charge in [0.25, 0.3) is 0 Å². The van der Waals surface area contributed by atoms with Crippen LogP contribution in [0.3, 0.4) is 0 Å². The van der Waals surface area contributed by atoms with E-state index < -0.39 is 48.5 Å². The first-order valence-corrected chi connectivity index (χ1v) is 16.4. The summed E-state index contributed by atoms with van der Waals surface area (Å²) in [6.07, 6.45) is 9.22. The molecule has 2 fully saturated rings. The van der Waals surface area contributed by atoms with E-state index in [-0.39, 0.29) is 36.9 Å². The monoisotopic (exact) mass is 677 g/mol. The number of fused-ring (bicyclic) bond motifs is 1. The normalized spacial score (nSPS) is 18.8. The van der Waals surface area contributed by atoms with Crippen molar-refractivity contribution >= 4 is 52.4 Å². The number of aldehydes is 1. The lowest BCUT2D eigenvalue weighted by molar-refractivity contribution is -0.133. The number of imidazole rings is 1. The average molecular weight is 678 g/mol. The van der Waals surface area contributed by atoms with Crippen LogP contribution in [-0.4, -0.2) is 92.3 Å². The summed E-state index contributed by atoms with van der Waals surface area (Å²) < 4.78 is 0. The van der Waals surface area contributed by atoms with Crippen molar-refractivity contribution in [2.24, 2.45) is 5.92 Å². The van der Waals surface area contributed by atoms with E-state index >= 15 is 0 Å². The number of amides is 4. The van der Waals surface area contributed by atoms with Gasteiger partial charge in [-0.1, -0.05) is 25.1 Å². The summed E-state index contributed by atoms with van der Waals surface area (Å²) in [6.45, 7) is 1.39. The highest BCUT2D eigenvalue weighted by atomic mass is 16.3. The number of nitrogens with zero attached hydrogens (tertiary/aromatic N) is 1. The van der Waals surface area contributed by atoms with Gasteiger partial charge in [0.2, 0.25) is 23.6 Å². The average Bonchev–Trinajstić information content (AvgIpc) is 3.92. The summed E-state index contributed by atoms with van der Waals surface area (Å²) >= 11 is 0. The molecule has 4 amide bonds. The molecule has 1 aliphatic heterocycles. The second-order valence-electron chi connectivity index (χ2n) is 12.3. The predicted molar refractivity (Wildman–Crippen MR) is 177 cm³/mol. The van der Waals surface area contributed by atoms with Gasteiger partial charge in [0.05, 0.1) is 12.9 Å². The predicted octanol–water partition coefficient (Wildman–Crippen LogP) is 0.325. The standard InChI is InChI=1S/C25H29N7O6.C9H14O2/c33-11-16(12-34)29-24(37)20(7-14-9-27-18-4-2-1-3-17(14)18)31-25(38)21(8-15-10-26-13-28-15)32-23(36)19-5-6-22(35)30-19;1-2-3-9(11)7-4-5-8(10)6-7/h1-4,9-11,13,16,19-21,27,34H,5-8,12H2,(H,26,28)(H,29,37)(H,30,35)(H,31,38)(H,32,36);7H,2-6H2,1H3/t16-,19?,20+,21+;/m1./s1. The van der Waals surface area contributed by atoms with E-state index in [0.29, 0.717) is 43.4 Å². The minimum Gasteiger partial charge on any atom is -0.394 e. The first-order valence-electron chi connectivity index (χ1n) is 16.4.